The second-order valence-electron chi connectivity index (χ2n) is 6.49. The number of allylic oxidation sites excluding steroid dienone is 1. The second-order valence-corrected chi connectivity index (χ2v) is 6.49. The van der Waals surface area contributed by atoms with Crippen molar-refractivity contribution in [2.24, 2.45) is 17.8 Å². The molecule has 1 nitrogen and oxygen atoms in total. The fraction of sp³-hybridized carbons (Fsp3) is 0.882. The van der Waals surface area contributed by atoms with E-state index in [-0.39, 0.29) is 0 Å². The van der Waals surface area contributed by atoms with E-state index in [2.05, 4.69) is 6.92 Å². The van der Waals surface area contributed by atoms with Gasteiger partial charge in [0.25, 0.3) is 0 Å². The normalized spacial score (nSPS) is 33.2. The lowest BCUT2D eigenvalue weighted by atomic mass is 9.74. The summed E-state index contributed by atoms with van der Waals surface area (Å²) in [6.45, 7) is 2.36. The van der Waals surface area contributed by atoms with Gasteiger partial charge in [0.1, 0.15) is 0 Å². The first-order valence-corrected chi connectivity index (χ1v) is 8.02. The van der Waals surface area contributed by atoms with Crippen molar-refractivity contribution in [3.63, 3.8) is 0 Å². The van der Waals surface area contributed by atoms with Crippen LogP contribution in [0.25, 0.3) is 0 Å². The summed E-state index contributed by atoms with van der Waals surface area (Å²) < 4.78 is 5.13. The Kier molecular flexibility index (Phi) is 5.59. The minimum Gasteiger partial charge on any atom is -0.504 e. The summed E-state index contributed by atoms with van der Waals surface area (Å²) in [7, 11) is 1.77. The van der Waals surface area contributed by atoms with E-state index in [4.69, 9.17) is 4.74 Å². The fourth-order valence-corrected chi connectivity index (χ4v) is 3.92. The Bertz CT molecular complexity index is 251. The van der Waals surface area contributed by atoms with E-state index in [0.29, 0.717) is 0 Å². The fourth-order valence-electron chi connectivity index (χ4n) is 3.92. The number of rotatable bonds is 4. The molecular weight excluding hydrogens is 220 g/mol. The zero-order chi connectivity index (χ0) is 12.8. The highest BCUT2D eigenvalue weighted by atomic mass is 16.5. The van der Waals surface area contributed by atoms with E-state index < -0.39 is 0 Å². The highest BCUT2D eigenvalue weighted by molar-refractivity contribution is 5.01. The van der Waals surface area contributed by atoms with Gasteiger partial charge >= 0.3 is 0 Å². The van der Waals surface area contributed by atoms with Crippen molar-refractivity contribution < 1.29 is 4.74 Å². The molecule has 1 heteroatoms. The van der Waals surface area contributed by atoms with Crippen LogP contribution in [-0.2, 0) is 4.74 Å². The minimum atomic E-state index is 1.00. The van der Waals surface area contributed by atoms with E-state index in [0.717, 1.165) is 17.8 Å². The van der Waals surface area contributed by atoms with Gasteiger partial charge in [-0.1, -0.05) is 39.0 Å². The van der Waals surface area contributed by atoms with Crippen LogP contribution < -0.4 is 0 Å². The molecule has 0 unspecified atom stereocenters. The maximum absolute atomic E-state index is 5.13. The van der Waals surface area contributed by atoms with Crippen LogP contribution in [0.4, 0.5) is 0 Å². The molecular formula is C17H30O. The highest BCUT2D eigenvalue weighted by Gasteiger charge is 2.24. The van der Waals surface area contributed by atoms with E-state index in [1.165, 1.54) is 69.8 Å². The molecule has 104 valence electrons. The molecule has 2 rings (SSSR count). The Balaban J connectivity index is 1.67. The van der Waals surface area contributed by atoms with Crippen LogP contribution in [0.2, 0.25) is 0 Å². The average Bonchev–Trinajstić information content (AvgIpc) is 2.42. The van der Waals surface area contributed by atoms with Crippen LogP contribution in [-0.4, -0.2) is 7.11 Å². The predicted molar refractivity (Wildman–Crippen MR) is 77.4 cm³/mol. The summed E-state index contributed by atoms with van der Waals surface area (Å²) in [6.07, 6.45) is 16.3. The molecule has 0 amide bonds. The predicted octanol–water partition coefficient (Wildman–Crippen LogP) is 5.31. The van der Waals surface area contributed by atoms with Crippen molar-refractivity contribution in [1.29, 1.82) is 0 Å². The topological polar surface area (TPSA) is 9.23 Å². The third-order valence-electron chi connectivity index (χ3n) is 5.24. The van der Waals surface area contributed by atoms with Crippen LogP contribution in [0.15, 0.2) is 11.8 Å². The van der Waals surface area contributed by atoms with Gasteiger partial charge in [-0.25, -0.2) is 0 Å². The van der Waals surface area contributed by atoms with Gasteiger partial charge in [0.05, 0.1) is 13.4 Å². The lowest BCUT2D eigenvalue weighted by Crippen LogP contribution is -2.18. The Morgan fingerprint density at radius 1 is 0.944 bits per heavy atom. The SMILES string of the molecule is CCC1CCC(CC2CCC(=COC)CC2)CC1. The quantitative estimate of drug-likeness (QED) is 0.614. The largest absolute Gasteiger partial charge is 0.504 e. The maximum atomic E-state index is 5.13. The molecule has 0 N–H and O–H groups in total. The van der Waals surface area contributed by atoms with Gasteiger partial charge in [-0.05, 0) is 55.4 Å². The molecule has 2 fully saturated rings. The summed E-state index contributed by atoms with van der Waals surface area (Å²) >= 11 is 0. The van der Waals surface area contributed by atoms with Crippen LogP contribution in [0.3, 0.4) is 0 Å². The first-order chi connectivity index (χ1) is 8.81. The monoisotopic (exact) mass is 250 g/mol. The molecule has 0 atom stereocenters. The Morgan fingerprint density at radius 3 is 2.06 bits per heavy atom. The lowest BCUT2D eigenvalue weighted by molar-refractivity contribution is 0.215. The second kappa shape index (κ2) is 7.21. The molecule has 0 aromatic carbocycles. The molecule has 0 radical (unpaired) electrons. The smallest absolute Gasteiger partial charge is 0.0816 e. The Hall–Kier alpha value is -0.460. The molecule has 18 heavy (non-hydrogen) atoms. The van der Waals surface area contributed by atoms with Crippen molar-refractivity contribution in [2.75, 3.05) is 7.11 Å². The maximum Gasteiger partial charge on any atom is 0.0816 e. The zero-order valence-corrected chi connectivity index (χ0v) is 12.3. The number of hydrogen-bond donors (Lipinski definition) is 0. The lowest BCUT2D eigenvalue weighted by Gasteiger charge is -2.32. The van der Waals surface area contributed by atoms with Crippen LogP contribution >= 0.6 is 0 Å². The van der Waals surface area contributed by atoms with Crippen LogP contribution in [0.5, 0.6) is 0 Å². The first kappa shape index (κ1) is 14.0. The minimum absolute atomic E-state index is 1.00. The van der Waals surface area contributed by atoms with Gasteiger partial charge in [-0.3, -0.25) is 0 Å². The van der Waals surface area contributed by atoms with Crippen molar-refractivity contribution in [2.45, 2.75) is 71.1 Å². The van der Waals surface area contributed by atoms with E-state index in [1.807, 2.05) is 6.26 Å². The Labute approximate surface area is 113 Å². The summed E-state index contributed by atoms with van der Waals surface area (Å²) in [5.41, 5.74) is 1.53. The molecule has 0 heterocycles. The van der Waals surface area contributed by atoms with Gasteiger partial charge in [-0.15, -0.1) is 0 Å². The summed E-state index contributed by atoms with van der Waals surface area (Å²) in [5.74, 6) is 3.09. The molecule has 0 aliphatic heterocycles. The molecule has 0 saturated heterocycles. The molecule has 2 aliphatic carbocycles. The molecule has 2 aliphatic rings. The van der Waals surface area contributed by atoms with Gasteiger partial charge in [0.2, 0.25) is 0 Å². The third kappa shape index (κ3) is 4.03. The molecule has 0 aromatic heterocycles. The average molecular weight is 250 g/mol. The van der Waals surface area contributed by atoms with E-state index in [1.54, 1.807) is 7.11 Å². The Morgan fingerprint density at radius 2 is 1.50 bits per heavy atom. The molecule has 0 spiro atoms. The third-order valence-corrected chi connectivity index (χ3v) is 5.24. The zero-order valence-electron chi connectivity index (χ0n) is 12.3. The van der Waals surface area contributed by atoms with Gasteiger partial charge in [0.15, 0.2) is 0 Å². The van der Waals surface area contributed by atoms with Gasteiger partial charge in [0, 0.05) is 0 Å². The molecule has 0 aromatic rings. The molecule has 0 bridgehead atoms. The highest BCUT2D eigenvalue weighted by Crippen LogP contribution is 2.38. The standard InChI is InChI=1S/C17H30O/c1-3-14-4-6-15(7-5-14)12-16-8-10-17(11-9-16)13-18-2/h13-16H,3-12H2,1-2H3. The summed E-state index contributed by atoms with van der Waals surface area (Å²) in [5, 5.41) is 0. The van der Waals surface area contributed by atoms with Crippen molar-refractivity contribution in [3.8, 4) is 0 Å². The number of hydrogen-bond acceptors (Lipinski definition) is 1. The van der Waals surface area contributed by atoms with Crippen molar-refractivity contribution >= 4 is 0 Å². The van der Waals surface area contributed by atoms with Crippen molar-refractivity contribution in [1.82, 2.24) is 0 Å². The summed E-state index contributed by atoms with van der Waals surface area (Å²) in [6, 6.07) is 0. The number of ether oxygens (including phenoxy) is 1. The van der Waals surface area contributed by atoms with E-state index >= 15 is 0 Å². The first-order valence-electron chi connectivity index (χ1n) is 8.02. The van der Waals surface area contributed by atoms with Crippen LogP contribution in [0.1, 0.15) is 71.1 Å². The number of methoxy groups -OCH3 is 1. The molecule has 2 saturated carbocycles. The van der Waals surface area contributed by atoms with E-state index in [9.17, 15) is 0 Å². The van der Waals surface area contributed by atoms with Crippen molar-refractivity contribution in [3.05, 3.63) is 11.8 Å². The summed E-state index contributed by atoms with van der Waals surface area (Å²) in [4.78, 5) is 0. The van der Waals surface area contributed by atoms with Crippen LogP contribution in [0, 0.1) is 17.8 Å². The van der Waals surface area contributed by atoms with Gasteiger partial charge < -0.3 is 4.74 Å². The van der Waals surface area contributed by atoms with Gasteiger partial charge in [-0.2, -0.15) is 0 Å².